The number of nitrogens with one attached hydrogen (secondary N) is 1. The number of benzene rings is 1. The van der Waals surface area contributed by atoms with Gasteiger partial charge < -0.3 is 9.15 Å². The zero-order valence-corrected chi connectivity index (χ0v) is 17.0. The normalized spacial score (nSPS) is 11.7. The number of hydrogen-bond donors (Lipinski definition) is 1. The van der Waals surface area contributed by atoms with Gasteiger partial charge in [0.15, 0.2) is 0 Å². The number of ether oxygens (including phenoxy) is 1. The van der Waals surface area contributed by atoms with Gasteiger partial charge in [-0.3, -0.25) is 4.72 Å². The number of thiophene rings is 1. The molecule has 0 aliphatic rings. The lowest BCUT2D eigenvalue weighted by Crippen LogP contribution is -2.12. The van der Waals surface area contributed by atoms with E-state index in [-0.39, 0.29) is 10.8 Å². The van der Waals surface area contributed by atoms with E-state index in [4.69, 9.17) is 9.15 Å². The Kier molecular flexibility index (Phi) is 5.57. The summed E-state index contributed by atoms with van der Waals surface area (Å²) in [6.07, 6.45) is 1.40. The van der Waals surface area contributed by atoms with E-state index in [0.29, 0.717) is 40.0 Å². The van der Waals surface area contributed by atoms with E-state index in [1.54, 1.807) is 43.5 Å². The highest BCUT2D eigenvalue weighted by Gasteiger charge is 2.24. The van der Waals surface area contributed by atoms with Crippen LogP contribution in [-0.2, 0) is 21.2 Å². The van der Waals surface area contributed by atoms with Crippen molar-refractivity contribution >= 4 is 44.0 Å². The fourth-order valence-electron chi connectivity index (χ4n) is 2.85. The van der Waals surface area contributed by atoms with Gasteiger partial charge in [0, 0.05) is 11.8 Å². The van der Waals surface area contributed by atoms with E-state index in [1.165, 1.54) is 0 Å². The van der Waals surface area contributed by atoms with Crippen molar-refractivity contribution in [3.63, 3.8) is 0 Å². The van der Waals surface area contributed by atoms with Gasteiger partial charge in [0.25, 0.3) is 10.0 Å². The van der Waals surface area contributed by atoms with Gasteiger partial charge in [-0.25, -0.2) is 13.2 Å². The van der Waals surface area contributed by atoms with Crippen LogP contribution in [0.25, 0.3) is 11.0 Å². The Bertz CT molecular complexity index is 1070. The van der Waals surface area contributed by atoms with Gasteiger partial charge in [-0.15, -0.1) is 11.3 Å². The topological polar surface area (TPSA) is 85.6 Å². The van der Waals surface area contributed by atoms with Crippen LogP contribution in [0, 0.1) is 6.92 Å². The SMILES string of the molecule is CCCc1oc2cc(C)c(NS(=O)(=O)c3cccs3)cc2c1C(=O)OCC. The number of carbonyl (C=O) groups is 1. The van der Waals surface area contributed by atoms with Gasteiger partial charge >= 0.3 is 5.97 Å². The summed E-state index contributed by atoms with van der Waals surface area (Å²) < 4.78 is 39.0. The maximum atomic E-state index is 12.6. The van der Waals surface area contributed by atoms with Crippen LogP contribution in [0.15, 0.2) is 38.3 Å². The number of furan rings is 1. The minimum atomic E-state index is -3.69. The van der Waals surface area contributed by atoms with Crippen molar-refractivity contribution in [1.29, 1.82) is 0 Å². The molecule has 0 amide bonds. The lowest BCUT2D eigenvalue weighted by Gasteiger charge is -2.10. The number of fused-ring (bicyclic) bond motifs is 1. The van der Waals surface area contributed by atoms with E-state index in [9.17, 15) is 13.2 Å². The molecule has 3 rings (SSSR count). The molecule has 2 heterocycles. The summed E-state index contributed by atoms with van der Waals surface area (Å²) in [5, 5.41) is 2.25. The molecular formula is C19H21NO5S2. The first-order valence-electron chi connectivity index (χ1n) is 8.66. The fraction of sp³-hybridized carbons (Fsp3) is 0.316. The van der Waals surface area contributed by atoms with Gasteiger partial charge in [-0.05, 0) is 49.4 Å². The number of hydrogen-bond acceptors (Lipinski definition) is 6. The molecule has 144 valence electrons. The average Bonchev–Trinajstić information content (AvgIpc) is 3.24. The summed E-state index contributed by atoms with van der Waals surface area (Å²) in [4.78, 5) is 12.5. The monoisotopic (exact) mass is 407 g/mol. The molecule has 27 heavy (non-hydrogen) atoms. The molecule has 0 unspecified atom stereocenters. The molecule has 0 aliphatic carbocycles. The van der Waals surface area contributed by atoms with Gasteiger partial charge in [-0.2, -0.15) is 0 Å². The number of esters is 1. The van der Waals surface area contributed by atoms with Crippen LogP contribution in [0.1, 0.15) is 41.9 Å². The van der Waals surface area contributed by atoms with Crippen LogP contribution in [0.2, 0.25) is 0 Å². The van der Waals surface area contributed by atoms with Crippen molar-refractivity contribution in [2.24, 2.45) is 0 Å². The molecule has 0 saturated carbocycles. The number of anilines is 1. The lowest BCUT2D eigenvalue weighted by atomic mass is 10.1. The Morgan fingerprint density at radius 3 is 2.70 bits per heavy atom. The quantitative estimate of drug-likeness (QED) is 0.572. The van der Waals surface area contributed by atoms with E-state index in [2.05, 4.69) is 4.72 Å². The Morgan fingerprint density at radius 2 is 2.07 bits per heavy atom. The summed E-state index contributed by atoms with van der Waals surface area (Å²) in [6, 6.07) is 6.61. The zero-order valence-electron chi connectivity index (χ0n) is 15.4. The first-order chi connectivity index (χ1) is 12.9. The highest BCUT2D eigenvalue weighted by atomic mass is 32.2. The second-order valence-corrected chi connectivity index (χ2v) is 8.93. The van der Waals surface area contributed by atoms with E-state index >= 15 is 0 Å². The first-order valence-corrected chi connectivity index (χ1v) is 11.0. The van der Waals surface area contributed by atoms with Gasteiger partial charge in [0.2, 0.25) is 0 Å². The molecule has 1 aromatic carbocycles. The number of carbonyl (C=O) groups excluding carboxylic acids is 1. The van der Waals surface area contributed by atoms with Crippen LogP contribution in [0.4, 0.5) is 5.69 Å². The van der Waals surface area contributed by atoms with Crippen LogP contribution in [0.5, 0.6) is 0 Å². The second-order valence-electron chi connectivity index (χ2n) is 6.07. The Balaban J connectivity index is 2.11. The third kappa shape index (κ3) is 3.86. The molecule has 0 radical (unpaired) electrons. The molecule has 1 N–H and O–H groups in total. The summed E-state index contributed by atoms with van der Waals surface area (Å²) in [6.45, 7) is 5.77. The highest BCUT2D eigenvalue weighted by molar-refractivity contribution is 7.94. The number of aryl methyl sites for hydroxylation is 2. The number of rotatable bonds is 7. The van der Waals surface area contributed by atoms with E-state index in [0.717, 1.165) is 17.8 Å². The smallest absolute Gasteiger partial charge is 0.342 e. The third-order valence-electron chi connectivity index (χ3n) is 4.07. The van der Waals surface area contributed by atoms with Crippen molar-refractivity contribution in [3.05, 3.63) is 46.5 Å². The van der Waals surface area contributed by atoms with Gasteiger partial charge in [0.1, 0.15) is 21.1 Å². The van der Waals surface area contributed by atoms with Crippen LogP contribution >= 0.6 is 11.3 Å². The summed E-state index contributed by atoms with van der Waals surface area (Å²) >= 11 is 1.14. The molecule has 3 aromatic rings. The van der Waals surface area contributed by atoms with Crippen molar-refractivity contribution in [1.82, 2.24) is 0 Å². The largest absolute Gasteiger partial charge is 0.462 e. The summed E-state index contributed by atoms with van der Waals surface area (Å²) in [7, 11) is -3.69. The highest BCUT2D eigenvalue weighted by Crippen LogP contribution is 2.33. The molecule has 8 heteroatoms. The van der Waals surface area contributed by atoms with Crippen molar-refractivity contribution in [3.8, 4) is 0 Å². The standard InChI is InChI=1S/C19H21NO5S2/c1-4-7-15-18(19(21)24-5-2)13-11-14(12(3)10-16(13)25-15)20-27(22,23)17-8-6-9-26-17/h6,8-11,20H,4-5,7H2,1-3H3. The number of sulfonamides is 1. The zero-order chi connectivity index (χ0) is 19.6. The molecular weight excluding hydrogens is 386 g/mol. The Labute approximate surface area is 162 Å². The molecule has 0 spiro atoms. The summed E-state index contributed by atoms with van der Waals surface area (Å²) in [5.74, 6) is 0.0965. The Morgan fingerprint density at radius 1 is 1.30 bits per heavy atom. The van der Waals surface area contributed by atoms with Crippen molar-refractivity contribution in [2.45, 2.75) is 37.8 Å². The van der Waals surface area contributed by atoms with Crippen LogP contribution in [0.3, 0.4) is 0 Å². The fourth-order valence-corrected chi connectivity index (χ4v) is 4.96. The minimum absolute atomic E-state index is 0.228. The minimum Gasteiger partial charge on any atom is -0.462 e. The molecule has 0 aliphatic heterocycles. The molecule has 2 aromatic heterocycles. The van der Waals surface area contributed by atoms with E-state index in [1.807, 2.05) is 6.92 Å². The van der Waals surface area contributed by atoms with Crippen LogP contribution < -0.4 is 4.72 Å². The van der Waals surface area contributed by atoms with Gasteiger partial charge in [-0.1, -0.05) is 13.0 Å². The Hall–Kier alpha value is -2.32. The van der Waals surface area contributed by atoms with Gasteiger partial charge in [0.05, 0.1) is 12.3 Å². The maximum Gasteiger partial charge on any atom is 0.342 e. The van der Waals surface area contributed by atoms with E-state index < -0.39 is 16.0 Å². The van der Waals surface area contributed by atoms with Crippen molar-refractivity contribution < 1.29 is 22.4 Å². The average molecular weight is 408 g/mol. The third-order valence-corrected chi connectivity index (χ3v) is 6.83. The summed E-state index contributed by atoms with van der Waals surface area (Å²) in [5.41, 5.74) is 2.02. The molecule has 0 bridgehead atoms. The van der Waals surface area contributed by atoms with Crippen LogP contribution in [-0.4, -0.2) is 21.0 Å². The molecule has 6 nitrogen and oxygen atoms in total. The predicted octanol–water partition coefficient (Wildman–Crippen LogP) is 4.73. The second kappa shape index (κ2) is 7.74. The maximum absolute atomic E-state index is 12.6. The molecule has 0 fully saturated rings. The van der Waals surface area contributed by atoms with Crippen molar-refractivity contribution in [2.75, 3.05) is 11.3 Å². The lowest BCUT2D eigenvalue weighted by molar-refractivity contribution is 0.0526. The first kappa shape index (κ1) is 19.4. The predicted molar refractivity (Wildman–Crippen MR) is 106 cm³/mol. The molecule has 0 atom stereocenters. The molecule has 0 saturated heterocycles.